The monoisotopic (exact) mass is 203 g/mol. The highest BCUT2D eigenvalue weighted by Gasteiger charge is 2.18. The zero-order valence-electron chi connectivity index (χ0n) is 5.74. The lowest BCUT2D eigenvalue weighted by atomic mass is 10.6. The standard InChI is InChI=1S/C3H11NO3P2S/c1-3(2)9(7,10)4-8(5)6/h3,8H,1-2H3,(H3,4,5,6,7,10). The summed E-state index contributed by atoms with van der Waals surface area (Å²) in [6.45, 7) is 3.41. The molecule has 0 fully saturated rings. The van der Waals surface area contributed by atoms with Crippen LogP contribution in [-0.2, 0) is 16.4 Å². The van der Waals surface area contributed by atoms with Crippen molar-refractivity contribution in [2.24, 2.45) is 0 Å². The number of hydrogen-bond acceptors (Lipinski definition) is 2. The fourth-order valence-corrected chi connectivity index (χ4v) is 3.10. The highest BCUT2D eigenvalue weighted by atomic mass is 32.4. The molecule has 0 aromatic carbocycles. The number of nitrogens with one attached hydrogen (secondary N) is 1. The predicted octanol–water partition coefficient (Wildman–Crippen LogP) is 0.668. The molecule has 62 valence electrons. The Kier molecular flexibility index (Phi) is 4.26. The average molecular weight is 203 g/mol. The van der Waals surface area contributed by atoms with E-state index < -0.39 is 14.6 Å². The molecular weight excluding hydrogens is 192 g/mol. The third-order valence-corrected chi connectivity index (χ3v) is 6.49. The molecule has 0 aliphatic carbocycles. The molecule has 10 heavy (non-hydrogen) atoms. The second kappa shape index (κ2) is 3.96. The van der Waals surface area contributed by atoms with Gasteiger partial charge in [-0.15, -0.1) is 0 Å². The van der Waals surface area contributed by atoms with E-state index in [-0.39, 0.29) is 5.66 Å². The molecule has 2 atom stereocenters. The molecule has 4 nitrogen and oxygen atoms in total. The first-order chi connectivity index (χ1) is 4.36. The Morgan fingerprint density at radius 2 is 2.10 bits per heavy atom. The van der Waals surface area contributed by atoms with Crippen molar-refractivity contribution in [1.29, 1.82) is 0 Å². The Morgan fingerprint density at radius 3 is 2.20 bits per heavy atom. The van der Waals surface area contributed by atoms with Gasteiger partial charge in [-0.2, -0.15) is 4.86 Å². The van der Waals surface area contributed by atoms with E-state index in [9.17, 15) is 9.46 Å². The van der Waals surface area contributed by atoms with Gasteiger partial charge in [0, 0.05) is 5.66 Å². The van der Waals surface area contributed by atoms with E-state index in [1.54, 1.807) is 13.8 Å². The van der Waals surface area contributed by atoms with Crippen LogP contribution >= 0.6 is 14.6 Å². The quantitative estimate of drug-likeness (QED) is 0.588. The first-order valence-corrected chi connectivity index (χ1v) is 6.88. The van der Waals surface area contributed by atoms with Crippen LogP contribution in [0.15, 0.2) is 0 Å². The molecule has 0 aliphatic heterocycles. The van der Waals surface area contributed by atoms with E-state index in [1.165, 1.54) is 0 Å². The van der Waals surface area contributed by atoms with E-state index in [2.05, 4.69) is 16.7 Å². The Balaban J connectivity index is 4.14. The average Bonchev–Trinajstić information content (AvgIpc) is 1.60. The third kappa shape index (κ3) is 3.81. The predicted molar refractivity (Wildman–Crippen MR) is 46.0 cm³/mol. The molecule has 0 spiro atoms. The number of hydrogen-bond donors (Lipinski definition) is 3. The lowest BCUT2D eigenvalue weighted by Gasteiger charge is -2.18. The molecule has 0 aromatic heterocycles. The van der Waals surface area contributed by atoms with E-state index in [0.29, 0.717) is 0 Å². The van der Waals surface area contributed by atoms with Crippen molar-refractivity contribution >= 4 is 26.4 Å². The van der Waals surface area contributed by atoms with E-state index >= 15 is 0 Å². The van der Waals surface area contributed by atoms with Crippen molar-refractivity contribution in [2.75, 3.05) is 0 Å². The fourth-order valence-electron chi connectivity index (χ4n) is 0.266. The van der Waals surface area contributed by atoms with Crippen LogP contribution in [-0.4, -0.2) is 15.4 Å². The summed E-state index contributed by atoms with van der Waals surface area (Å²) in [4.78, 5) is 19.7. The summed E-state index contributed by atoms with van der Waals surface area (Å²) in [6.07, 6.45) is -2.75. The maximum absolute atomic E-state index is 10.2. The highest BCUT2D eigenvalue weighted by Crippen LogP contribution is 2.45. The second-order valence-corrected chi connectivity index (χ2v) is 7.59. The summed E-state index contributed by atoms with van der Waals surface area (Å²) >= 11 is 4.66. The SMILES string of the molecule is CC(C)P(O)(=S)N[PH](=O)O. The molecule has 0 heterocycles. The van der Waals surface area contributed by atoms with Gasteiger partial charge < -0.3 is 9.79 Å². The van der Waals surface area contributed by atoms with E-state index in [4.69, 9.17) is 4.89 Å². The van der Waals surface area contributed by atoms with Crippen molar-refractivity contribution in [3.05, 3.63) is 0 Å². The smallest absolute Gasteiger partial charge is 0.261 e. The molecule has 0 rings (SSSR count). The summed E-state index contributed by atoms with van der Waals surface area (Å²) < 4.78 is 10.2. The lowest BCUT2D eigenvalue weighted by molar-refractivity contribution is 0.496. The zero-order valence-corrected chi connectivity index (χ0v) is 8.45. The summed E-state index contributed by atoms with van der Waals surface area (Å²) in [5.74, 6) is 0. The molecule has 7 heteroatoms. The molecule has 0 amide bonds. The maximum Gasteiger partial charge on any atom is 0.261 e. The molecule has 0 aromatic rings. The third-order valence-electron chi connectivity index (χ3n) is 0.956. The first kappa shape index (κ1) is 10.8. The molecule has 3 N–H and O–H groups in total. The van der Waals surface area contributed by atoms with Crippen LogP contribution < -0.4 is 4.86 Å². The van der Waals surface area contributed by atoms with Crippen LogP contribution in [0.2, 0.25) is 0 Å². The molecular formula is C3H11NO3P2S. The van der Waals surface area contributed by atoms with Crippen molar-refractivity contribution in [3.63, 3.8) is 0 Å². The minimum absolute atomic E-state index is 0.163. The van der Waals surface area contributed by atoms with E-state index in [0.717, 1.165) is 0 Å². The van der Waals surface area contributed by atoms with Crippen LogP contribution in [0.3, 0.4) is 0 Å². The molecule has 0 saturated heterocycles. The van der Waals surface area contributed by atoms with Gasteiger partial charge in [0.25, 0.3) is 8.18 Å². The van der Waals surface area contributed by atoms with Gasteiger partial charge in [0.05, 0.1) is 0 Å². The Labute approximate surface area is 65.7 Å². The van der Waals surface area contributed by atoms with Crippen molar-refractivity contribution in [1.82, 2.24) is 4.86 Å². The molecule has 0 saturated carbocycles. The van der Waals surface area contributed by atoms with Crippen LogP contribution in [0.25, 0.3) is 0 Å². The van der Waals surface area contributed by atoms with Gasteiger partial charge in [-0.05, 0) is 11.8 Å². The molecule has 0 bridgehead atoms. The lowest BCUT2D eigenvalue weighted by Crippen LogP contribution is -2.08. The zero-order chi connectivity index (χ0) is 8.36. The molecule has 0 aliphatic rings. The highest BCUT2D eigenvalue weighted by molar-refractivity contribution is 8.12. The minimum Gasteiger partial charge on any atom is -0.353 e. The normalized spacial score (nSPS) is 20.5. The van der Waals surface area contributed by atoms with Crippen molar-refractivity contribution in [3.8, 4) is 0 Å². The Bertz CT molecular complexity index is 183. The van der Waals surface area contributed by atoms with Gasteiger partial charge in [-0.1, -0.05) is 13.8 Å². The van der Waals surface area contributed by atoms with Gasteiger partial charge >= 0.3 is 0 Å². The topological polar surface area (TPSA) is 69.6 Å². The maximum atomic E-state index is 10.2. The van der Waals surface area contributed by atoms with Gasteiger partial charge in [-0.3, -0.25) is 4.57 Å². The first-order valence-electron chi connectivity index (χ1n) is 2.70. The van der Waals surface area contributed by atoms with Crippen molar-refractivity contribution in [2.45, 2.75) is 19.5 Å². The molecule has 0 radical (unpaired) electrons. The summed E-state index contributed by atoms with van der Waals surface area (Å²) in [5.41, 5.74) is -0.163. The van der Waals surface area contributed by atoms with Gasteiger partial charge in [0.2, 0.25) is 0 Å². The summed E-state index contributed by atoms with van der Waals surface area (Å²) in [7, 11) is -2.84. The van der Waals surface area contributed by atoms with Crippen LogP contribution in [0.4, 0.5) is 0 Å². The summed E-state index contributed by atoms with van der Waals surface area (Å²) in [6, 6.07) is 0. The largest absolute Gasteiger partial charge is 0.353 e. The van der Waals surface area contributed by atoms with Gasteiger partial charge in [-0.25, -0.2) is 0 Å². The second-order valence-electron chi connectivity index (χ2n) is 2.13. The van der Waals surface area contributed by atoms with Gasteiger partial charge in [0.15, 0.2) is 0 Å². The Morgan fingerprint density at radius 1 is 1.70 bits per heavy atom. The summed E-state index contributed by atoms with van der Waals surface area (Å²) in [5, 5.41) is 0. The fraction of sp³-hybridized carbons (Fsp3) is 1.00. The number of rotatable bonds is 3. The Hall–Kier alpha value is 0.760. The van der Waals surface area contributed by atoms with Crippen LogP contribution in [0.1, 0.15) is 13.8 Å². The van der Waals surface area contributed by atoms with Crippen LogP contribution in [0, 0.1) is 0 Å². The van der Waals surface area contributed by atoms with Crippen molar-refractivity contribution < 1.29 is 14.4 Å². The minimum atomic E-state index is -2.84. The van der Waals surface area contributed by atoms with Gasteiger partial charge in [0.1, 0.15) is 6.42 Å². The molecule has 2 unspecified atom stereocenters. The van der Waals surface area contributed by atoms with E-state index in [1.807, 2.05) is 0 Å². The van der Waals surface area contributed by atoms with Crippen LogP contribution in [0.5, 0.6) is 0 Å².